The molecule has 4 nitrogen and oxygen atoms in total. The average molecular weight is 321 g/mol. The molecule has 1 unspecified atom stereocenters. The summed E-state index contributed by atoms with van der Waals surface area (Å²) in [7, 11) is -3.35. The van der Waals surface area contributed by atoms with Crippen LogP contribution in [0.1, 0.15) is 18.2 Å². The second-order valence-electron chi connectivity index (χ2n) is 4.57. The predicted octanol–water partition coefficient (Wildman–Crippen LogP) is 1.89. The lowest BCUT2D eigenvalue weighted by Gasteiger charge is -2.11. The third-order valence-electron chi connectivity index (χ3n) is 3.12. The maximum Gasteiger partial charge on any atom is 0.241 e. The predicted molar refractivity (Wildman–Crippen MR) is 82.3 cm³/mol. The molecule has 1 aromatic rings. The third-order valence-corrected chi connectivity index (χ3v) is 6.91. The highest BCUT2D eigenvalue weighted by Gasteiger charge is 2.22. The second kappa shape index (κ2) is 7.08. The molecule has 1 aromatic heterocycles. The van der Waals surface area contributed by atoms with Gasteiger partial charge in [0.05, 0.1) is 4.90 Å². The molecular formula is C12H20N2O2S3. The van der Waals surface area contributed by atoms with Crippen LogP contribution in [0.5, 0.6) is 0 Å². The lowest BCUT2D eigenvalue weighted by Crippen LogP contribution is -2.30. The number of thiophene rings is 1. The first-order valence-corrected chi connectivity index (χ1v) is 9.99. The van der Waals surface area contributed by atoms with Crippen molar-refractivity contribution in [1.29, 1.82) is 0 Å². The number of hydrogen-bond acceptors (Lipinski definition) is 5. The van der Waals surface area contributed by atoms with Crippen LogP contribution in [0.3, 0.4) is 0 Å². The van der Waals surface area contributed by atoms with E-state index in [-0.39, 0.29) is 0 Å². The molecule has 2 heterocycles. The van der Waals surface area contributed by atoms with Crippen molar-refractivity contribution in [1.82, 2.24) is 10.0 Å². The first-order valence-electron chi connectivity index (χ1n) is 6.48. The SMILES string of the molecule is CCNCc1sccc1S(=O)(=O)NCC1CCSC1. The van der Waals surface area contributed by atoms with Crippen molar-refractivity contribution in [2.75, 3.05) is 24.6 Å². The Morgan fingerprint density at radius 3 is 3.00 bits per heavy atom. The second-order valence-corrected chi connectivity index (χ2v) is 8.46. The van der Waals surface area contributed by atoms with Crippen LogP contribution in [0.4, 0.5) is 0 Å². The topological polar surface area (TPSA) is 58.2 Å². The Morgan fingerprint density at radius 1 is 1.47 bits per heavy atom. The molecule has 0 radical (unpaired) electrons. The standard InChI is InChI=1S/C12H20N2O2S3/c1-2-13-8-11-12(4-6-18-11)19(15,16)14-7-10-3-5-17-9-10/h4,6,10,13-14H,2-3,5,7-9H2,1H3. The molecule has 1 aliphatic rings. The van der Waals surface area contributed by atoms with Crippen molar-refractivity contribution in [2.45, 2.75) is 24.8 Å². The fraction of sp³-hybridized carbons (Fsp3) is 0.667. The van der Waals surface area contributed by atoms with Crippen LogP contribution in [0.25, 0.3) is 0 Å². The van der Waals surface area contributed by atoms with Crippen LogP contribution < -0.4 is 10.0 Å². The summed E-state index contributed by atoms with van der Waals surface area (Å²) in [4.78, 5) is 1.32. The maximum atomic E-state index is 12.3. The minimum Gasteiger partial charge on any atom is -0.312 e. The largest absolute Gasteiger partial charge is 0.312 e. The fourth-order valence-electron chi connectivity index (χ4n) is 1.99. The lowest BCUT2D eigenvalue weighted by molar-refractivity contribution is 0.545. The van der Waals surface area contributed by atoms with Crippen LogP contribution in [0, 0.1) is 5.92 Å². The molecule has 2 N–H and O–H groups in total. The molecule has 0 spiro atoms. The minimum atomic E-state index is -3.35. The fourth-order valence-corrected chi connectivity index (χ4v) is 5.80. The molecule has 0 bridgehead atoms. The maximum absolute atomic E-state index is 12.3. The van der Waals surface area contributed by atoms with E-state index in [4.69, 9.17) is 0 Å². The normalized spacial score (nSPS) is 19.9. The third kappa shape index (κ3) is 4.19. The van der Waals surface area contributed by atoms with Gasteiger partial charge >= 0.3 is 0 Å². The molecule has 1 aliphatic heterocycles. The summed E-state index contributed by atoms with van der Waals surface area (Å²) >= 11 is 3.39. The Bertz CT molecular complexity index is 493. The smallest absolute Gasteiger partial charge is 0.241 e. The van der Waals surface area contributed by atoms with Crippen LogP contribution in [-0.2, 0) is 16.6 Å². The number of thioether (sulfide) groups is 1. The zero-order valence-electron chi connectivity index (χ0n) is 11.0. The summed E-state index contributed by atoms with van der Waals surface area (Å²) in [6, 6.07) is 1.70. The summed E-state index contributed by atoms with van der Waals surface area (Å²) in [6.45, 7) is 4.03. The minimum absolute atomic E-state index is 0.434. The highest BCUT2D eigenvalue weighted by molar-refractivity contribution is 7.99. The van der Waals surface area contributed by atoms with E-state index in [9.17, 15) is 8.42 Å². The molecular weight excluding hydrogens is 300 g/mol. The molecule has 0 amide bonds. The Morgan fingerprint density at radius 2 is 2.32 bits per heavy atom. The summed E-state index contributed by atoms with van der Waals surface area (Å²) in [5.74, 6) is 2.70. The summed E-state index contributed by atoms with van der Waals surface area (Å²) in [6.07, 6.45) is 1.11. The van der Waals surface area contributed by atoms with Gasteiger partial charge in [-0.05, 0) is 41.8 Å². The van der Waals surface area contributed by atoms with E-state index in [1.807, 2.05) is 24.1 Å². The average Bonchev–Trinajstić information content (AvgIpc) is 3.05. The highest BCUT2D eigenvalue weighted by atomic mass is 32.2. The zero-order valence-corrected chi connectivity index (χ0v) is 13.5. The van der Waals surface area contributed by atoms with Crippen molar-refractivity contribution in [3.05, 3.63) is 16.3 Å². The van der Waals surface area contributed by atoms with Gasteiger partial charge in [0.1, 0.15) is 0 Å². The molecule has 19 heavy (non-hydrogen) atoms. The molecule has 1 atom stereocenters. The number of sulfonamides is 1. The van der Waals surface area contributed by atoms with Gasteiger partial charge in [0.25, 0.3) is 0 Å². The monoisotopic (exact) mass is 320 g/mol. The molecule has 0 aromatic carbocycles. The molecule has 1 fully saturated rings. The van der Waals surface area contributed by atoms with Gasteiger partial charge in [0, 0.05) is 18.0 Å². The van der Waals surface area contributed by atoms with Gasteiger partial charge < -0.3 is 5.32 Å². The van der Waals surface area contributed by atoms with Gasteiger partial charge in [-0.2, -0.15) is 11.8 Å². The Hall–Kier alpha value is -0.0800. The highest BCUT2D eigenvalue weighted by Crippen LogP contribution is 2.25. The van der Waals surface area contributed by atoms with Crippen LogP contribution in [0.15, 0.2) is 16.3 Å². The van der Waals surface area contributed by atoms with E-state index in [1.54, 1.807) is 6.07 Å². The van der Waals surface area contributed by atoms with E-state index in [0.717, 1.165) is 29.3 Å². The van der Waals surface area contributed by atoms with Crippen molar-refractivity contribution in [2.24, 2.45) is 5.92 Å². The van der Waals surface area contributed by atoms with Crippen molar-refractivity contribution in [3.63, 3.8) is 0 Å². The van der Waals surface area contributed by atoms with Crippen molar-refractivity contribution >= 4 is 33.1 Å². The summed E-state index contributed by atoms with van der Waals surface area (Å²) in [5, 5.41) is 5.02. The molecule has 7 heteroatoms. The van der Waals surface area contributed by atoms with E-state index in [0.29, 0.717) is 23.9 Å². The Kier molecular flexibility index (Phi) is 5.70. The molecule has 0 saturated carbocycles. The van der Waals surface area contributed by atoms with Crippen LogP contribution >= 0.6 is 23.1 Å². The van der Waals surface area contributed by atoms with Crippen LogP contribution in [0.2, 0.25) is 0 Å². The van der Waals surface area contributed by atoms with E-state index in [1.165, 1.54) is 11.3 Å². The molecule has 1 saturated heterocycles. The van der Waals surface area contributed by atoms with E-state index >= 15 is 0 Å². The van der Waals surface area contributed by atoms with E-state index in [2.05, 4.69) is 10.0 Å². The zero-order chi connectivity index (χ0) is 13.7. The van der Waals surface area contributed by atoms with Gasteiger partial charge in [0.2, 0.25) is 10.0 Å². The Balaban J connectivity index is 1.99. The van der Waals surface area contributed by atoms with Gasteiger partial charge in [0.15, 0.2) is 0 Å². The number of nitrogens with one attached hydrogen (secondary N) is 2. The van der Waals surface area contributed by atoms with Crippen LogP contribution in [-0.4, -0.2) is 33.0 Å². The summed E-state index contributed by atoms with van der Waals surface area (Å²) in [5.41, 5.74) is 0. The van der Waals surface area contributed by atoms with Gasteiger partial charge in [-0.3, -0.25) is 0 Å². The quantitative estimate of drug-likeness (QED) is 0.805. The number of hydrogen-bond donors (Lipinski definition) is 2. The lowest BCUT2D eigenvalue weighted by atomic mass is 10.1. The first kappa shape index (κ1) is 15.3. The van der Waals surface area contributed by atoms with Gasteiger partial charge in [-0.1, -0.05) is 6.92 Å². The Labute approximate surface area is 123 Å². The summed E-state index contributed by atoms with van der Waals surface area (Å²) < 4.78 is 27.3. The van der Waals surface area contributed by atoms with Crippen molar-refractivity contribution in [3.8, 4) is 0 Å². The van der Waals surface area contributed by atoms with Gasteiger partial charge in [-0.25, -0.2) is 13.1 Å². The van der Waals surface area contributed by atoms with Crippen molar-refractivity contribution < 1.29 is 8.42 Å². The van der Waals surface area contributed by atoms with E-state index < -0.39 is 10.0 Å². The molecule has 108 valence electrons. The first-order chi connectivity index (χ1) is 9.13. The molecule has 0 aliphatic carbocycles. The molecule has 2 rings (SSSR count). The number of rotatable bonds is 7. The van der Waals surface area contributed by atoms with Gasteiger partial charge in [-0.15, -0.1) is 11.3 Å².